The van der Waals surface area contributed by atoms with Gasteiger partial charge in [-0.1, -0.05) is 24.6 Å². The molecule has 0 heterocycles. The van der Waals surface area contributed by atoms with Crippen LogP contribution in [0.25, 0.3) is 0 Å². The quantitative estimate of drug-likeness (QED) is 0.858. The zero-order valence-electron chi connectivity index (χ0n) is 13.0. The number of nitrogens with one attached hydrogen (secondary N) is 1. The summed E-state index contributed by atoms with van der Waals surface area (Å²) in [5.41, 5.74) is 2.45. The average molecular weight is 283 g/mol. The molecule has 0 aliphatic heterocycles. The van der Waals surface area contributed by atoms with E-state index in [0.717, 1.165) is 23.7 Å². The van der Waals surface area contributed by atoms with E-state index in [1.165, 1.54) is 5.56 Å². The Labute approximate surface area is 123 Å². The van der Waals surface area contributed by atoms with Crippen molar-refractivity contribution in [3.63, 3.8) is 0 Å². The molecule has 0 fully saturated rings. The molecule has 0 spiro atoms. The summed E-state index contributed by atoms with van der Waals surface area (Å²) < 4.78 is 0. The minimum Gasteiger partial charge on any atom is -0.371 e. The van der Waals surface area contributed by atoms with E-state index in [1.807, 2.05) is 0 Å². The van der Waals surface area contributed by atoms with Crippen LogP contribution < -0.4 is 10.2 Å². The number of nitrogens with zero attached hydrogens (tertiary/aromatic N) is 1. The molecule has 1 unspecified atom stereocenters. The Bertz CT molecular complexity index is 410. The van der Waals surface area contributed by atoms with E-state index in [2.05, 4.69) is 70.1 Å². The second-order valence-electron chi connectivity index (χ2n) is 6.26. The maximum absolute atomic E-state index is 6.41. The standard InChI is InChI=1S/C16H27ClN2/c1-7-12(2)19(6)15-9-8-13(10-14(15)17)11-18-16(3,4)5/h8-10,12,18H,7,11H2,1-6H3. The number of benzene rings is 1. The van der Waals surface area contributed by atoms with Crippen molar-refractivity contribution >= 4 is 17.3 Å². The topological polar surface area (TPSA) is 15.3 Å². The lowest BCUT2D eigenvalue weighted by molar-refractivity contribution is 0.424. The lowest BCUT2D eigenvalue weighted by Gasteiger charge is -2.27. The molecule has 1 N–H and O–H groups in total. The Morgan fingerprint density at radius 1 is 1.32 bits per heavy atom. The minimum absolute atomic E-state index is 0.124. The van der Waals surface area contributed by atoms with Crippen LogP contribution in [-0.4, -0.2) is 18.6 Å². The predicted octanol–water partition coefficient (Wildman–Crippen LogP) is 4.46. The van der Waals surface area contributed by atoms with Crippen LogP contribution in [0.15, 0.2) is 18.2 Å². The van der Waals surface area contributed by atoms with Gasteiger partial charge in [-0.2, -0.15) is 0 Å². The molecule has 0 saturated heterocycles. The fraction of sp³-hybridized carbons (Fsp3) is 0.625. The highest BCUT2D eigenvalue weighted by molar-refractivity contribution is 6.33. The first-order valence-electron chi connectivity index (χ1n) is 7.01. The minimum atomic E-state index is 0.124. The van der Waals surface area contributed by atoms with E-state index in [4.69, 9.17) is 11.6 Å². The highest BCUT2D eigenvalue weighted by Crippen LogP contribution is 2.28. The van der Waals surface area contributed by atoms with E-state index in [1.54, 1.807) is 0 Å². The fourth-order valence-electron chi connectivity index (χ4n) is 1.82. The van der Waals surface area contributed by atoms with Gasteiger partial charge >= 0.3 is 0 Å². The van der Waals surface area contributed by atoms with Gasteiger partial charge in [0.05, 0.1) is 10.7 Å². The summed E-state index contributed by atoms with van der Waals surface area (Å²) in [6.45, 7) is 11.7. The number of halogens is 1. The van der Waals surface area contributed by atoms with Crippen molar-refractivity contribution in [1.29, 1.82) is 0 Å². The van der Waals surface area contributed by atoms with Crippen LogP contribution >= 0.6 is 11.6 Å². The first-order valence-corrected chi connectivity index (χ1v) is 7.38. The Hall–Kier alpha value is -0.730. The highest BCUT2D eigenvalue weighted by atomic mass is 35.5. The molecule has 108 valence electrons. The summed E-state index contributed by atoms with van der Waals surface area (Å²) in [7, 11) is 2.10. The molecule has 1 aromatic rings. The van der Waals surface area contributed by atoms with Crippen LogP contribution in [0.2, 0.25) is 5.02 Å². The van der Waals surface area contributed by atoms with Crippen molar-refractivity contribution < 1.29 is 0 Å². The van der Waals surface area contributed by atoms with Gasteiger partial charge in [0.1, 0.15) is 0 Å². The van der Waals surface area contributed by atoms with Crippen LogP contribution in [-0.2, 0) is 6.54 Å². The summed E-state index contributed by atoms with van der Waals surface area (Å²) in [6.07, 6.45) is 1.11. The molecule has 19 heavy (non-hydrogen) atoms. The third-order valence-corrected chi connectivity index (χ3v) is 3.77. The van der Waals surface area contributed by atoms with Gasteiger partial charge in [-0.3, -0.25) is 0 Å². The summed E-state index contributed by atoms with van der Waals surface area (Å²) in [5.74, 6) is 0. The fourth-order valence-corrected chi connectivity index (χ4v) is 2.16. The van der Waals surface area contributed by atoms with Gasteiger partial charge in [-0.05, 0) is 51.8 Å². The second-order valence-corrected chi connectivity index (χ2v) is 6.66. The van der Waals surface area contributed by atoms with Crippen LogP contribution in [0.4, 0.5) is 5.69 Å². The van der Waals surface area contributed by atoms with Gasteiger partial charge in [-0.25, -0.2) is 0 Å². The Morgan fingerprint density at radius 3 is 2.42 bits per heavy atom. The molecular weight excluding hydrogens is 256 g/mol. The monoisotopic (exact) mass is 282 g/mol. The molecule has 0 aromatic heterocycles. The lowest BCUT2D eigenvalue weighted by Crippen LogP contribution is -2.35. The van der Waals surface area contributed by atoms with E-state index < -0.39 is 0 Å². The van der Waals surface area contributed by atoms with Crippen molar-refractivity contribution in [3.05, 3.63) is 28.8 Å². The molecule has 1 aromatic carbocycles. The molecule has 2 nitrogen and oxygen atoms in total. The SMILES string of the molecule is CCC(C)N(C)c1ccc(CNC(C)(C)C)cc1Cl. The summed E-state index contributed by atoms with van der Waals surface area (Å²) in [5, 5.41) is 4.31. The molecular formula is C16H27ClN2. The van der Waals surface area contributed by atoms with E-state index in [9.17, 15) is 0 Å². The lowest BCUT2D eigenvalue weighted by atomic mass is 10.1. The van der Waals surface area contributed by atoms with E-state index >= 15 is 0 Å². The van der Waals surface area contributed by atoms with Crippen LogP contribution in [0, 0.1) is 0 Å². The first-order chi connectivity index (χ1) is 8.74. The Kier molecular flexibility index (Phi) is 5.69. The molecule has 0 amide bonds. The maximum atomic E-state index is 6.41. The van der Waals surface area contributed by atoms with E-state index in [-0.39, 0.29) is 5.54 Å². The zero-order valence-corrected chi connectivity index (χ0v) is 13.8. The number of hydrogen-bond acceptors (Lipinski definition) is 2. The summed E-state index contributed by atoms with van der Waals surface area (Å²) >= 11 is 6.41. The summed E-state index contributed by atoms with van der Waals surface area (Å²) in [4.78, 5) is 2.24. The smallest absolute Gasteiger partial charge is 0.0642 e. The molecule has 0 bridgehead atoms. The maximum Gasteiger partial charge on any atom is 0.0642 e. The number of hydrogen-bond donors (Lipinski definition) is 1. The number of rotatable bonds is 5. The third-order valence-electron chi connectivity index (χ3n) is 3.47. The highest BCUT2D eigenvalue weighted by Gasteiger charge is 2.13. The average Bonchev–Trinajstić information content (AvgIpc) is 2.34. The molecule has 0 saturated carbocycles. The number of anilines is 1. The van der Waals surface area contributed by atoms with Crippen LogP contribution in [0.1, 0.15) is 46.6 Å². The van der Waals surface area contributed by atoms with E-state index in [0.29, 0.717) is 6.04 Å². The van der Waals surface area contributed by atoms with Crippen molar-refractivity contribution in [2.75, 3.05) is 11.9 Å². The molecule has 0 radical (unpaired) electrons. The molecule has 1 rings (SSSR count). The normalized spacial score (nSPS) is 13.4. The molecule has 1 atom stereocenters. The molecule has 3 heteroatoms. The van der Waals surface area contributed by atoms with Gasteiger partial charge in [0, 0.05) is 25.2 Å². The van der Waals surface area contributed by atoms with Gasteiger partial charge in [0.2, 0.25) is 0 Å². The van der Waals surface area contributed by atoms with Crippen LogP contribution in [0.5, 0.6) is 0 Å². The van der Waals surface area contributed by atoms with Gasteiger partial charge < -0.3 is 10.2 Å². The van der Waals surface area contributed by atoms with Gasteiger partial charge in [0.15, 0.2) is 0 Å². The Balaban J connectivity index is 2.80. The molecule has 0 aliphatic rings. The Morgan fingerprint density at radius 2 is 1.95 bits per heavy atom. The second kappa shape index (κ2) is 6.62. The largest absolute Gasteiger partial charge is 0.371 e. The van der Waals surface area contributed by atoms with Crippen molar-refractivity contribution in [2.45, 2.75) is 59.2 Å². The first kappa shape index (κ1) is 16.3. The zero-order chi connectivity index (χ0) is 14.6. The van der Waals surface area contributed by atoms with Crippen molar-refractivity contribution in [2.24, 2.45) is 0 Å². The summed E-state index contributed by atoms with van der Waals surface area (Å²) in [6, 6.07) is 6.83. The van der Waals surface area contributed by atoms with Crippen LogP contribution in [0.3, 0.4) is 0 Å². The van der Waals surface area contributed by atoms with Gasteiger partial charge in [-0.15, -0.1) is 0 Å². The van der Waals surface area contributed by atoms with Crippen molar-refractivity contribution in [1.82, 2.24) is 5.32 Å². The van der Waals surface area contributed by atoms with Crippen molar-refractivity contribution in [3.8, 4) is 0 Å². The van der Waals surface area contributed by atoms with Gasteiger partial charge in [0.25, 0.3) is 0 Å². The molecule has 0 aliphatic carbocycles. The predicted molar refractivity (Wildman–Crippen MR) is 86.2 cm³/mol. The third kappa shape index (κ3) is 5.04.